The van der Waals surface area contributed by atoms with E-state index in [1.54, 1.807) is 31.4 Å². The van der Waals surface area contributed by atoms with Crippen molar-refractivity contribution in [3.63, 3.8) is 0 Å². The largest absolute Gasteiger partial charge is 0.493 e. The first-order valence-electron chi connectivity index (χ1n) is 8.54. The van der Waals surface area contributed by atoms with E-state index in [1.165, 1.54) is 18.2 Å². The molecular weight excluding hydrogens is 333 g/mol. The first-order chi connectivity index (χ1) is 12.5. The van der Waals surface area contributed by atoms with E-state index in [9.17, 15) is 9.18 Å². The molecule has 26 heavy (non-hydrogen) atoms. The number of hydrogen-bond donors (Lipinski definition) is 1. The number of anilines is 1. The molecule has 0 spiro atoms. The molecule has 1 amide bonds. The molecule has 1 N–H and O–H groups in total. The summed E-state index contributed by atoms with van der Waals surface area (Å²) in [6.45, 7) is 4.90. The quantitative estimate of drug-likeness (QED) is 0.683. The molecule has 0 atom stereocenters. The smallest absolute Gasteiger partial charge is 0.248 e. The maximum absolute atomic E-state index is 13.5. The highest BCUT2D eigenvalue weighted by Crippen LogP contribution is 2.29. The molecule has 0 heterocycles. The van der Waals surface area contributed by atoms with Crippen LogP contribution >= 0.6 is 0 Å². The van der Waals surface area contributed by atoms with Crippen molar-refractivity contribution in [3.8, 4) is 11.5 Å². The van der Waals surface area contributed by atoms with Gasteiger partial charge in [-0.25, -0.2) is 4.39 Å². The molecule has 0 fully saturated rings. The Labute approximate surface area is 153 Å². The number of rotatable bonds is 8. The molecule has 4 nitrogen and oxygen atoms in total. The van der Waals surface area contributed by atoms with Crippen LogP contribution < -0.4 is 14.8 Å². The minimum Gasteiger partial charge on any atom is -0.493 e. The summed E-state index contributed by atoms with van der Waals surface area (Å²) in [5, 5.41) is 2.50. The number of para-hydroxylation sites is 1. The van der Waals surface area contributed by atoms with Gasteiger partial charge in [0, 0.05) is 6.08 Å². The number of hydrogen-bond acceptors (Lipinski definition) is 3. The number of nitrogens with one attached hydrogen (secondary N) is 1. The van der Waals surface area contributed by atoms with E-state index >= 15 is 0 Å². The SMILES string of the molecule is COc1cc(/C=C/C(=O)Nc2ccccc2F)ccc1OCCC(C)C. The Bertz CT molecular complexity index is 772. The third-order valence-corrected chi connectivity index (χ3v) is 3.70. The number of benzene rings is 2. The van der Waals surface area contributed by atoms with Crippen LogP contribution in [0, 0.1) is 11.7 Å². The summed E-state index contributed by atoms with van der Waals surface area (Å²) >= 11 is 0. The van der Waals surface area contributed by atoms with Gasteiger partial charge in [-0.15, -0.1) is 0 Å². The van der Waals surface area contributed by atoms with E-state index in [4.69, 9.17) is 9.47 Å². The second-order valence-corrected chi connectivity index (χ2v) is 6.24. The number of carbonyl (C=O) groups excluding carboxylic acids is 1. The summed E-state index contributed by atoms with van der Waals surface area (Å²) < 4.78 is 24.6. The summed E-state index contributed by atoms with van der Waals surface area (Å²) in [5.74, 6) is 0.952. The number of amides is 1. The zero-order valence-electron chi connectivity index (χ0n) is 15.3. The summed E-state index contributed by atoms with van der Waals surface area (Å²) in [6, 6.07) is 11.5. The zero-order chi connectivity index (χ0) is 18.9. The van der Waals surface area contributed by atoms with Crippen LogP contribution in [0.5, 0.6) is 11.5 Å². The lowest BCUT2D eigenvalue weighted by Crippen LogP contribution is -2.09. The van der Waals surface area contributed by atoms with E-state index in [0.717, 1.165) is 12.0 Å². The summed E-state index contributed by atoms with van der Waals surface area (Å²) in [6.07, 6.45) is 3.94. The Morgan fingerprint density at radius 3 is 2.65 bits per heavy atom. The van der Waals surface area contributed by atoms with Crippen LogP contribution in [-0.4, -0.2) is 19.6 Å². The van der Waals surface area contributed by atoms with Crippen molar-refractivity contribution in [1.29, 1.82) is 0 Å². The molecule has 5 heteroatoms. The molecule has 0 aliphatic carbocycles. The molecule has 0 radical (unpaired) electrons. The average molecular weight is 357 g/mol. The lowest BCUT2D eigenvalue weighted by Gasteiger charge is -2.12. The zero-order valence-corrected chi connectivity index (χ0v) is 15.3. The van der Waals surface area contributed by atoms with Gasteiger partial charge < -0.3 is 14.8 Å². The summed E-state index contributed by atoms with van der Waals surface area (Å²) in [5.41, 5.74) is 0.926. The maximum atomic E-state index is 13.5. The minimum absolute atomic E-state index is 0.147. The van der Waals surface area contributed by atoms with Crippen LogP contribution in [0.3, 0.4) is 0 Å². The van der Waals surface area contributed by atoms with E-state index in [1.807, 2.05) is 12.1 Å². The van der Waals surface area contributed by atoms with Gasteiger partial charge in [-0.2, -0.15) is 0 Å². The van der Waals surface area contributed by atoms with Crippen LogP contribution in [0.4, 0.5) is 10.1 Å². The number of halogens is 1. The Morgan fingerprint density at radius 1 is 1.19 bits per heavy atom. The monoisotopic (exact) mass is 357 g/mol. The van der Waals surface area contributed by atoms with Crippen molar-refractivity contribution in [1.82, 2.24) is 0 Å². The predicted molar refractivity (Wildman–Crippen MR) is 102 cm³/mol. The van der Waals surface area contributed by atoms with Gasteiger partial charge in [-0.05, 0) is 48.2 Å². The molecule has 0 unspecified atom stereocenters. The van der Waals surface area contributed by atoms with Crippen LogP contribution in [0.2, 0.25) is 0 Å². The highest BCUT2D eigenvalue weighted by atomic mass is 19.1. The topological polar surface area (TPSA) is 47.6 Å². The van der Waals surface area contributed by atoms with E-state index in [2.05, 4.69) is 19.2 Å². The standard InChI is InChI=1S/C21H24FNO3/c1-15(2)12-13-26-19-10-8-16(14-20(19)25-3)9-11-21(24)23-18-7-5-4-6-17(18)22/h4-11,14-15H,12-13H2,1-3H3,(H,23,24)/b11-9+. The Morgan fingerprint density at radius 2 is 1.96 bits per heavy atom. The van der Waals surface area contributed by atoms with Gasteiger partial charge in [0.1, 0.15) is 5.82 Å². The normalized spacial score (nSPS) is 11.0. The second-order valence-electron chi connectivity index (χ2n) is 6.24. The van der Waals surface area contributed by atoms with E-state index < -0.39 is 11.7 Å². The van der Waals surface area contributed by atoms with Gasteiger partial charge >= 0.3 is 0 Å². The number of ether oxygens (including phenoxy) is 2. The lowest BCUT2D eigenvalue weighted by molar-refractivity contribution is -0.111. The van der Waals surface area contributed by atoms with Crippen molar-refractivity contribution >= 4 is 17.7 Å². The minimum atomic E-state index is -0.473. The van der Waals surface area contributed by atoms with E-state index in [0.29, 0.717) is 24.0 Å². The molecule has 0 aliphatic rings. The van der Waals surface area contributed by atoms with Crippen LogP contribution in [0.1, 0.15) is 25.8 Å². The molecule has 138 valence electrons. The highest BCUT2D eigenvalue weighted by molar-refractivity contribution is 6.02. The van der Waals surface area contributed by atoms with Crippen molar-refractivity contribution in [2.45, 2.75) is 20.3 Å². The predicted octanol–water partition coefficient (Wildman–Crippen LogP) is 4.91. The number of methoxy groups -OCH3 is 1. The van der Waals surface area contributed by atoms with Gasteiger partial charge in [0.25, 0.3) is 0 Å². The highest BCUT2D eigenvalue weighted by Gasteiger charge is 2.06. The van der Waals surface area contributed by atoms with Gasteiger partial charge in [0.2, 0.25) is 5.91 Å². The Balaban J connectivity index is 2.01. The van der Waals surface area contributed by atoms with E-state index in [-0.39, 0.29) is 5.69 Å². The third-order valence-electron chi connectivity index (χ3n) is 3.70. The molecule has 0 bridgehead atoms. The Kier molecular flexibility index (Phi) is 7.21. The summed E-state index contributed by atoms with van der Waals surface area (Å²) in [7, 11) is 1.57. The molecule has 0 aliphatic heterocycles. The second kappa shape index (κ2) is 9.61. The average Bonchev–Trinajstić information content (AvgIpc) is 2.62. The molecular formula is C21H24FNO3. The molecule has 2 aromatic carbocycles. The van der Waals surface area contributed by atoms with Gasteiger partial charge in [-0.1, -0.05) is 32.0 Å². The molecule has 2 rings (SSSR count). The summed E-state index contributed by atoms with van der Waals surface area (Å²) in [4.78, 5) is 11.9. The lowest BCUT2D eigenvalue weighted by atomic mass is 10.1. The van der Waals surface area contributed by atoms with Crippen molar-refractivity contribution < 1.29 is 18.7 Å². The van der Waals surface area contributed by atoms with Gasteiger partial charge in [0.05, 0.1) is 19.4 Å². The molecule has 0 saturated carbocycles. The fourth-order valence-corrected chi connectivity index (χ4v) is 2.22. The van der Waals surface area contributed by atoms with Crippen LogP contribution in [-0.2, 0) is 4.79 Å². The van der Waals surface area contributed by atoms with Crippen molar-refractivity contribution in [3.05, 3.63) is 59.9 Å². The number of carbonyl (C=O) groups is 1. The van der Waals surface area contributed by atoms with Gasteiger partial charge in [-0.3, -0.25) is 4.79 Å². The Hall–Kier alpha value is -2.82. The molecule has 2 aromatic rings. The molecule has 0 saturated heterocycles. The fourth-order valence-electron chi connectivity index (χ4n) is 2.22. The van der Waals surface area contributed by atoms with Crippen molar-refractivity contribution in [2.75, 3.05) is 19.0 Å². The first-order valence-corrected chi connectivity index (χ1v) is 8.54. The first kappa shape index (κ1) is 19.5. The fraction of sp³-hybridized carbons (Fsp3) is 0.286. The van der Waals surface area contributed by atoms with Crippen LogP contribution in [0.15, 0.2) is 48.5 Å². The van der Waals surface area contributed by atoms with Gasteiger partial charge in [0.15, 0.2) is 11.5 Å². The van der Waals surface area contributed by atoms with Crippen LogP contribution in [0.25, 0.3) is 6.08 Å². The maximum Gasteiger partial charge on any atom is 0.248 e. The van der Waals surface area contributed by atoms with Crippen molar-refractivity contribution in [2.24, 2.45) is 5.92 Å². The third kappa shape index (κ3) is 5.92. The molecule has 0 aromatic heterocycles.